The van der Waals surface area contributed by atoms with Crippen molar-refractivity contribution in [1.29, 1.82) is 0 Å². The number of rotatable bonds is 0. The summed E-state index contributed by atoms with van der Waals surface area (Å²) in [6.45, 7) is 17.0. The zero-order chi connectivity index (χ0) is 25.7. The lowest BCUT2D eigenvalue weighted by Gasteiger charge is -2.10. The van der Waals surface area contributed by atoms with Gasteiger partial charge in [-0.25, -0.2) is 0 Å². The number of hydrogen-bond donors (Lipinski definition) is 0. The minimum absolute atomic E-state index is 1.01. The van der Waals surface area contributed by atoms with E-state index in [0.717, 1.165) is 22.1 Å². The monoisotopic (exact) mass is 472 g/mol. The lowest BCUT2D eigenvalue weighted by atomic mass is 10.0. The van der Waals surface area contributed by atoms with Gasteiger partial charge in [0.15, 0.2) is 0 Å². The van der Waals surface area contributed by atoms with Gasteiger partial charge in [-0.15, -0.1) is 0 Å². The van der Waals surface area contributed by atoms with Crippen LogP contribution in [-0.4, -0.2) is 19.9 Å². The van der Waals surface area contributed by atoms with Crippen LogP contribution in [0.5, 0.6) is 0 Å². The van der Waals surface area contributed by atoms with Gasteiger partial charge >= 0.3 is 0 Å². The van der Waals surface area contributed by atoms with Crippen molar-refractivity contribution in [3.05, 3.63) is 93.6 Å². The van der Waals surface area contributed by atoms with Gasteiger partial charge in [0.1, 0.15) is 0 Å². The molecule has 36 heavy (non-hydrogen) atoms. The third-order valence-corrected chi connectivity index (χ3v) is 7.83. The maximum Gasteiger partial charge on any atom is 0.0967 e. The molecule has 0 atom stereocenters. The highest BCUT2D eigenvalue weighted by molar-refractivity contribution is 6.06. The first-order valence-electron chi connectivity index (χ1n) is 12.4. The molecule has 180 valence electrons. The van der Waals surface area contributed by atoms with Crippen molar-refractivity contribution in [2.45, 2.75) is 55.4 Å². The van der Waals surface area contributed by atoms with Crippen LogP contribution in [0.15, 0.2) is 49.1 Å². The molecule has 4 nitrogen and oxygen atoms in total. The van der Waals surface area contributed by atoms with Crippen LogP contribution in [0.4, 0.5) is 0 Å². The summed E-state index contributed by atoms with van der Waals surface area (Å²) < 4.78 is 0. The first-order chi connectivity index (χ1) is 17.2. The van der Waals surface area contributed by atoms with Crippen LogP contribution in [0.3, 0.4) is 0 Å². The Bertz CT molecular complexity index is 1550. The van der Waals surface area contributed by atoms with Crippen LogP contribution >= 0.6 is 0 Å². The minimum Gasteiger partial charge on any atom is -0.254 e. The minimum atomic E-state index is 1.01. The highest BCUT2D eigenvalue weighted by Gasteiger charge is 2.10. The van der Waals surface area contributed by atoms with Gasteiger partial charge in [-0.05, 0) is 99.9 Å². The fraction of sp³-hybridized carbons (Fsp3) is 0.250. The largest absolute Gasteiger partial charge is 0.254 e. The normalized spacial score (nSPS) is 11.3. The van der Waals surface area contributed by atoms with Gasteiger partial charge in [-0.2, -0.15) is 0 Å². The Kier molecular flexibility index (Phi) is 5.91. The summed E-state index contributed by atoms with van der Waals surface area (Å²) >= 11 is 0. The van der Waals surface area contributed by atoms with Crippen LogP contribution in [0.25, 0.3) is 43.6 Å². The van der Waals surface area contributed by atoms with E-state index in [-0.39, 0.29) is 0 Å². The fourth-order valence-electron chi connectivity index (χ4n) is 4.77. The zero-order valence-corrected chi connectivity index (χ0v) is 22.4. The summed E-state index contributed by atoms with van der Waals surface area (Å²) in [5.41, 5.74) is 14.1. The van der Waals surface area contributed by atoms with Crippen LogP contribution in [0, 0.1) is 55.4 Å². The maximum absolute atomic E-state index is 4.58. The van der Waals surface area contributed by atoms with E-state index in [9.17, 15) is 0 Å². The highest BCUT2D eigenvalue weighted by atomic mass is 14.7. The number of nitrogens with zero attached hydrogens (tertiary/aromatic N) is 4. The molecule has 6 rings (SSSR count). The number of fused-ring (bicyclic) bond motifs is 6. The lowest BCUT2D eigenvalue weighted by Crippen LogP contribution is -1.93. The summed E-state index contributed by atoms with van der Waals surface area (Å²) in [5, 5.41) is 4.83. The molecule has 0 saturated carbocycles. The summed E-state index contributed by atoms with van der Waals surface area (Å²) in [6, 6.07) is 8.67. The van der Waals surface area contributed by atoms with Crippen LogP contribution in [-0.2, 0) is 0 Å². The Balaban J connectivity index is 0.000000148. The molecule has 0 radical (unpaired) electrons. The van der Waals surface area contributed by atoms with Gasteiger partial charge in [0.05, 0.1) is 22.1 Å². The van der Waals surface area contributed by atoms with Gasteiger partial charge < -0.3 is 0 Å². The standard InChI is InChI=1S/2C16H16N2/c2*1-9-7-17-15-13(11(9)3)5-6-14-12(4)10(2)8-18-16(14)15/h2*5-8H,1-4H3. The topological polar surface area (TPSA) is 51.6 Å². The number of pyridine rings is 4. The van der Waals surface area contributed by atoms with E-state index in [4.69, 9.17) is 0 Å². The van der Waals surface area contributed by atoms with Gasteiger partial charge in [0.2, 0.25) is 0 Å². The maximum atomic E-state index is 4.58. The average Bonchev–Trinajstić information content (AvgIpc) is 2.88. The SMILES string of the molecule is Cc1cnc2c(ccc3c(C)c(C)cnc32)c1C.Cc1cnc2c(ccc3c(C)c(C)cnc32)c1C. The second-order valence-electron chi connectivity index (χ2n) is 9.98. The van der Waals surface area contributed by atoms with Gasteiger partial charge in [0, 0.05) is 46.3 Å². The second-order valence-corrected chi connectivity index (χ2v) is 9.98. The van der Waals surface area contributed by atoms with Crippen molar-refractivity contribution in [2.24, 2.45) is 0 Å². The molecule has 0 amide bonds. The van der Waals surface area contributed by atoms with E-state index >= 15 is 0 Å². The summed E-state index contributed by atoms with van der Waals surface area (Å²) in [5.74, 6) is 0. The van der Waals surface area contributed by atoms with Crippen molar-refractivity contribution >= 4 is 43.6 Å². The van der Waals surface area contributed by atoms with Gasteiger partial charge in [-0.1, -0.05) is 24.3 Å². The third kappa shape index (κ3) is 3.78. The summed E-state index contributed by atoms with van der Waals surface area (Å²) in [4.78, 5) is 18.3. The number of hydrogen-bond acceptors (Lipinski definition) is 4. The molecule has 0 aliphatic heterocycles. The first kappa shape index (κ1) is 23.8. The molecule has 0 N–H and O–H groups in total. The molecule has 4 heterocycles. The predicted molar refractivity (Wildman–Crippen MR) is 152 cm³/mol. The fourth-order valence-corrected chi connectivity index (χ4v) is 4.77. The van der Waals surface area contributed by atoms with Crippen LogP contribution in [0.2, 0.25) is 0 Å². The average molecular weight is 473 g/mol. The highest BCUT2D eigenvalue weighted by Crippen LogP contribution is 2.29. The van der Waals surface area contributed by atoms with E-state index in [2.05, 4.69) is 99.6 Å². The van der Waals surface area contributed by atoms with Gasteiger partial charge in [0.25, 0.3) is 0 Å². The Labute approximate surface area is 212 Å². The molecular formula is C32H32N4. The first-order valence-corrected chi connectivity index (χ1v) is 12.4. The van der Waals surface area contributed by atoms with Crippen LogP contribution in [0.1, 0.15) is 44.5 Å². The van der Waals surface area contributed by atoms with E-state index < -0.39 is 0 Å². The lowest BCUT2D eigenvalue weighted by molar-refractivity contribution is 1.25. The molecular weight excluding hydrogens is 440 g/mol. The van der Waals surface area contributed by atoms with E-state index in [0.29, 0.717) is 0 Å². The molecule has 6 aromatic rings. The number of aromatic nitrogens is 4. The van der Waals surface area contributed by atoms with Crippen LogP contribution < -0.4 is 0 Å². The zero-order valence-electron chi connectivity index (χ0n) is 22.4. The van der Waals surface area contributed by atoms with Crippen molar-refractivity contribution in [3.8, 4) is 0 Å². The molecule has 0 bridgehead atoms. The Morgan fingerprint density at radius 2 is 0.528 bits per heavy atom. The number of aryl methyl sites for hydroxylation is 8. The molecule has 0 aliphatic carbocycles. The molecule has 4 heteroatoms. The van der Waals surface area contributed by atoms with E-state index in [1.54, 1.807) is 0 Å². The molecule has 0 saturated heterocycles. The van der Waals surface area contributed by atoms with Crippen molar-refractivity contribution in [1.82, 2.24) is 19.9 Å². The Morgan fingerprint density at radius 1 is 0.333 bits per heavy atom. The molecule has 2 aromatic carbocycles. The second kappa shape index (κ2) is 8.94. The van der Waals surface area contributed by atoms with Crippen molar-refractivity contribution < 1.29 is 0 Å². The van der Waals surface area contributed by atoms with E-state index in [1.165, 1.54) is 66.1 Å². The molecule has 0 unspecified atom stereocenters. The van der Waals surface area contributed by atoms with Crippen molar-refractivity contribution in [3.63, 3.8) is 0 Å². The quantitative estimate of drug-likeness (QED) is 0.210. The molecule has 0 aliphatic rings. The van der Waals surface area contributed by atoms with E-state index in [1.807, 2.05) is 24.8 Å². The third-order valence-electron chi connectivity index (χ3n) is 7.83. The van der Waals surface area contributed by atoms with Gasteiger partial charge in [-0.3, -0.25) is 19.9 Å². The summed E-state index contributed by atoms with van der Waals surface area (Å²) in [6.07, 6.45) is 7.75. The molecule has 4 aromatic heterocycles. The predicted octanol–water partition coefficient (Wildman–Crippen LogP) is 8.03. The summed E-state index contributed by atoms with van der Waals surface area (Å²) in [7, 11) is 0. The molecule has 0 spiro atoms. The molecule has 0 fully saturated rings. The Hall–Kier alpha value is -3.92. The Morgan fingerprint density at radius 3 is 0.722 bits per heavy atom. The number of benzene rings is 2. The smallest absolute Gasteiger partial charge is 0.0967 e. The van der Waals surface area contributed by atoms with Crippen molar-refractivity contribution in [2.75, 3.05) is 0 Å².